The molecule has 0 aliphatic heterocycles. The number of nitrogens with two attached hydrogens (primary N) is 1. The number of carboxylic acids is 1. The molecule has 4 heteroatoms. The third-order valence-corrected chi connectivity index (χ3v) is 5.14. The Morgan fingerprint density at radius 2 is 1.41 bits per heavy atom. The van der Waals surface area contributed by atoms with E-state index in [4.69, 9.17) is 10.8 Å². The maximum absolute atomic E-state index is 10.8. The number of carboxylic acid groups (broad SMARTS) is 1. The summed E-state index contributed by atoms with van der Waals surface area (Å²) in [5, 5.41) is 12.2. The number of benzene rings is 1. The van der Waals surface area contributed by atoms with Gasteiger partial charge in [-0.3, -0.25) is 0 Å². The van der Waals surface area contributed by atoms with Gasteiger partial charge in [0.2, 0.25) is 0 Å². The van der Waals surface area contributed by atoms with E-state index < -0.39 is 5.97 Å². The largest absolute Gasteiger partial charge is 0.478 e. The molecule has 0 aliphatic carbocycles. The summed E-state index contributed by atoms with van der Waals surface area (Å²) in [5.74, 6) is -0.884. The summed E-state index contributed by atoms with van der Waals surface area (Å²) in [4.78, 5) is 10.8. The molecule has 0 fully saturated rings. The van der Waals surface area contributed by atoms with Crippen molar-refractivity contribution >= 4 is 11.7 Å². The fourth-order valence-electron chi connectivity index (χ4n) is 3.36. The van der Waals surface area contributed by atoms with Crippen LogP contribution in [0.5, 0.6) is 0 Å². The first-order valence-electron chi connectivity index (χ1n) is 11.0. The minimum absolute atomic E-state index is 0.325. The number of carbonyl (C=O) groups is 1. The molecule has 1 rings (SSSR count). The number of nitrogens with one attached hydrogen (secondary N) is 1. The molecule has 1 aromatic carbocycles. The van der Waals surface area contributed by atoms with Crippen LogP contribution in [0.4, 0.5) is 5.69 Å². The molecule has 0 radical (unpaired) electrons. The molecule has 0 aliphatic rings. The highest BCUT2D eigenvalue weighted by atomic mass is 16.4. The zero-order valence-corrected chi connectivity index (χ0v) is 17.2. The summed E-state index contributed by atoms with van der Waals surface area (Å²) >= 11 is 0. The Kier molecular flexibility index (Phi) is 13.5. The fourth-order valence-corrected chi connectivity index (χ4v) is 3.36. The van der Waals surface area contributed by atoms with Gasteiger partial charge in [0.1, 0.15) is 0 Å². The second-order valence-electron chi connectivity index (χ2n) is 7.68. The summed E-state index contributed by atoms with van der Waals surface area (Å²) in [5.41, 5.74) is 7.54. The fraction of sp³-hybridized carbons (Fsp3) is 0.696. The van der Waals surface area contributed by atoms with Gasteiger partial charge in [0, 0.05) is 18.3 Å². The molecular weight excluding hydrogens is 336 g/mol. The van der Waals surface area contributed by atoms with Crippen LogP contribution in [0.3, 0.4) is 0 Å². The molecule has 0 aromatic heterocycles. The van der Waals surface area contributed by atoms with E-state index in [2.05, 4.69) is 12.2 Å². The summed E-state index contributed by atoms with van der Waals surface area (Å²) in [6.45, 7) is 3.18. The van der Waals surface area contributed by atoms with E-state index in [1.54, 1.807) is 12.1 Å². The Morgan fingerprint density at radius 1 is 0.889 bits per heavy atom. The smallest absolute Gasteiger partial charge is 0.335 e. The second kappa shape index (κ2) is 15.5. The van der Waals surface area contributed by atoms with Crippen LogP contribution in [0.25, 0.3) is 0 Å². The van der Waals surface area contributed by atoms with E-state index in [-0.39, 0.29) is 0 Å². The van der Waals surface area contributed by atoms with Crippen molar-refractivity contribution in [3.63, 3.8) is 0 Å². The minimum atomic E-state index is -0.884. The van der Waals surface area contributed by atoms with Crippen LogP contribution in [-0.4, -0.2) is 23.7 Å². The highest BCUT2D eigenvalue weighted by Gasteiger charge is 2.03. The predicted molar refractivity (Wildman–Crippen MR) is 116 cm³/mol. The molecule has 1 atom stereocenters. The molecule has 0 bridgehead atoms. The number of unbranched alkanes of at least 4 members (excludes halogenated alkanes) is 9. The average Bonchev–Trinajstić information content (AvgIpc) is 2.67. The summed E-state index contributed by atoms with van der Waals surface area (Å²) in [7, 11) is 0. The minimum Gasteiger partial charge on any atom is -0.478 e. The van der Waals surface area contributed by atoms with Crippen molar-refractivity contribution in [3.8, 4) is 0 Å². The Labute approximate surface area is 165 Å². The molecule has 1 unspecified atom stereocenters. The maximum Gasteiger partial charge on any atom is 0.335 e. The second-order valence-corrected chi connectivity index (χ2v) is 7.68. The van der Waals surface area contributed by atoms with Gasteiger partial charge in [-0.05, 0) is 43.5 Å². The standard InChI is InChI=1S/C23H40N2O2/c1-2-3-4-5-6-7-8-10-13-21(24)14-11-9-12-19-25-22-17-15-20(16-18-22)23(26)27/h15-18,21,25H,2-14,19,24H2,1H3,(H,26,27). The van der Waals surface area contributed by atoms with Crippen LogP contribution >= 0.6 is 0 Å². The van der Waals surface area contributed by atoms with Crippen LogP contribution in [0, 0.1) is 0 Å². The van der Waals surface area contributed by atoms with E-state index in [1.165, 1.54) is 70.6 Å². The van der Waals surface area contributed by atoms with Crippen molar-refractivity contribution in [2.45, 2.75) is 96.4 Å². The van der Waals surface area contributed by atoms with Gasteiger partial charge in [0.05, 0.1) is 5.56 Å². The van der Waals surface area contributed by atoms with E-state index in [0.29, 0.717) is 11.6 Å². The van der Waals surface area contributed by atoms with E-state index in [9.17, 15) is 4.79 Å². The summed E-state index contributed by atoms with van der Waals surface area (Å²) in [6.07, 6.45) is 16.7. The van der Waals surface area contributed by atoms with Crippen molar-refractivity contribution in [1.82, 2.24) is 0 Å². The molecule has 27 heavy (non-hydrogen) atoms. The van der Waals surface area contributed by atoms with Crippen molar-refractivity contribution in [2.24, 2.45) is 5.73 Å². The molecule has 0 spiro atoms. The summed E-state index contributed by atoms with van der Waals surface area (Å²) < 4.78 is 0. The molecular formula is C23H40N2O2. The van der Waals surface area contributed by atoms with Gasteiger partial charge < -0.3 is 16.2 Å². The van der Waals surface area contributed by atoms with Gasteiger partial charge in [-0.15, -0.1) is 0 Å². The normalized spacial score (nSPS) is 12.1. The highest BCUT2D eigenvalue weighted by molar-refractivity contribution is 5.87. The van der Waals surface area contributed by atoms with Gasteiger partial charge in [0.25, 0.3) is 0 Å². The molecule has 4 nitrogen and oxygen atoms in total. The quantitative estimate of drug-likeness (QED) is 0.282. The van der Waals surface area contributed by atoms with Crippen LogP contribution in [0.1, 0.15) is 101 Å². The number of hydrogen-bond donors (Lipinski definition) is 3. The number of anilines is 1. The Bertz CT molecular complexity index is 488. The lowest BCUT2D eigenvalue weighted by Crippen LogP contribution is -2.19. The topological polar surface area (TPSA) is 75.3 Å². The van der Waals surface area contributed by atoms with Gasteiger partial charge in [0.15, 0.2) is 0 Å². The number of aromatic carboxylic acids is 1. The lowest BCUT2D eigenvalue weighted by atomic mass is 10.0. The van der Waals surface area contributed by atoms with Gasteiger partial charge in [-0.2, -0.15) is 0 Å². The SMILES string of the molecule is CCCCCCCCCCC(N)CCCCCNc1ccc(C(=O)O)cc1. The van der Waals surface area contributed by atoms with Crippen molar-refractivity contribution < 1.29 is 9.90 Å². The maximum atomic E-state index is 10.8. The van der Waals surface area contributed by atoms with Gasteiger partial charge in [-0.25, -0.2) is 4.79 Å². The van der Waals surface area contributed by atoms with E-state index >= 15 is 0 Å². The molecule has 4 N–H and O–H groups in total. The lowest BCUT2D eigenvalue weighted by Gasteiger charge is -2.11. The predicted octanol–water partition coefficient (Wildman–Crippen LogP) is 6.22. The first kappa shape index (κ1) is 23.5. The third kappa shape index (κ3) is 12.5. The third-order valence-electron chi connectivity index (χ3n) is 5.14. The Hall–Kier alpha value is -1.55. The molecule has 154 valence electrons. The molecule has 1 aromatic rings. The average molecular weight is 377 g/mol. The highest BCUT2D eigenvalue weighted by Crippen LogP contribution is 2.13. The Balaban J connectivity index is 1.91. The van der Waals surface area contributed by atoms with Crippen LogP contribution in [0.2, 0.25) is 0 Å². The molecule has 0 saturated carbocycles. The van der Waals surface area contributed by atoms with Crippen LogP contribution < -0.4 is 11.1 Å². The van der Waals surface area contributed by atoms with Gasteiger partial charge >= 0.3 is 5.97 Å². The first-order chi connectivity index (χ1) is 13.1. The van der Waals surface area contributed by atoms with Crippen molar-refractivity contribution in [2.75, 3.05) is 11.9 Å². The summed E-state index contributed by atoms with van der Waals surface area (Å²) in [6, 6.07) is 7.28. The van der Waals surface area contributed by atoms with Gasteiger partial charge in [-0.1, -0.05) is 71.1 Å². The van der Waals surface area contributed by atoms with E-state index in [1.807, 2.05) is 12.1 Å². The Morgan fingerprint density at radius 3 is 1.96 bits per heavy atom. The van der Waals surface area contributed by atoms with Crippen LogP contribution in [-0.2, 0) is 0 Å². The lowest BCUT2D eigenvalue weighted by molar-refractivity contribution is 0.0697. The number of rotatable bonds is 17. The first-order valence-corrected chi connectivity index (χ1v) is 11.0. The molecule has 0 amide bonds. The van der Waals surface area contributed by atoms with Crippen molar-refractivity contribution in [3.05, 3.63) is 29.8 Å². The van der Waals surface area contributed by atoms with E-state index in [0.717, 1.165) is 25.1 Å². The van der Waals surface area contributed by atoms with Crippen molar-refractivity contribution in [1.29, 1.82) is 0 Å². The van der Waals surface area contributed by atoms with Crippen LogP contribution in [0.15, 0.2) is 24.3 Å². The number of hydrogen-bond acceptors (Lipinski definition) is 3. The monoisotopic (exact) mass is 376 g/mol. The molecule has 0 saturated heterocycles. The zero-order chi connectivity index (χ0) is 19.7. The molecule has 0 heterocycles. The zero-order valence-electron chi connectivity index (χ0n) is 17.2.